The summed E-state index contributed by atoms with van der Waals surface area (Å²) in [6.45, 7) is 0. The molecule has 1 atom stereocenters. The van der Waals surface area contributed by atoms with Crippen molar-refractivity contribution in [3.8, 4) is 0 Å². The molecule has 2 rings (SSSR count). The fourth-order valence-corrected chi connectivity index (χ4v) is 5.08. The number of amides is 1. The molecule has 1 aromatic rings. The molecule has 0 spiro atoms. The first-order valence-electron chi connectivity index (χ1n) is 6.09. The highest BCUT2D eigenvalue weighted by atomic mass is 35.5. The number of rotatable bonds is 3. The first-order chi connectivity index (χ1) is 9.58. The molecule has 9 heteroatoms. The van der Waals surface area contributed by atoms with Crippen LogP contribution in [-0.2, 0) is 19.7 Å². The van der Waals surface area contributed by atoms with Gasteiger partial charge in [0.05, 0.1) is 21.4 Å². The van der Waals surface area contributed by atoms with E-state index in [2.05, 4.69) is 5.32 Å². The van der Waals surface area contributed by atoms with Gasteiger partial charge >= 0.3 is 0 Å². The van der Waals surface area contributed by atoms with Crippen LogP contribution in [0.15, 0.2) is 23.1 Å². The summed E-state index contributed by atoms with van der Waals surface area (Å²) < 4.78 is 45.8. The van der Waals surface area contributed by atoms with Gasteiger partial charge in [0.15, 0.2) is 19.7 Å². The molecule has 1 heterocycles. The molecule has 21 heavy (non-hydrogen) atoms. The van der Waals surface area contributed by atoms with Crippen molar-refractivity contribution in [2.75, 3.05) is 17.8 Å². The topological polar surface area (TPSA) is 97.4 Å². The molecule has 1 fully saturated rings. The maximum atomic E-state index is 12.1. The highest BCUT2D eigenvalue weighted by Gasteiger charge is 2.29. The van der Waals surface area contributed by atoms with Gasteiger partial charge in [0.25, 0.3) is 5.91 Å². The highest BCUT2D eigenvalue weighted by Crippen LogP contribution is 2.23. The lowest BCUT2D eigenvalue weighted by Crippen LogP contribution is -2.35. The Balaban J connectivity index is 2.21. The third kappa shape index (κ3) is 3.96. The molecular weight excluding hydrogens is 338 g/mol. The van der Waals surface area contributed by atoms with Crippen LogP contribution in [0.25, 0.3) is 0 Å². The van der Waals surface area contributed by atoms with Gasteiger partial charge in [-0.05, 0) is 24.6 Å². The van der Waals surface area contributed by atoms with Crippen LogP contribution in [0, 0.1) is 0 Å². The van der Waals surface area contributed by atoms with E-state index in [0.29, 0.717) is 6.42 Å². The van der Waals surface area contributed by atoms with Crippen molar-refractivity contribution >= 4 is 37.2 Å². The maximum Gasteiger partial charge on any atom is 0.251 e. The standard InChI is InChI=1S/C12H14ClNO5S2/c1-20(16,17)11-6-8(2-3-10(11)13)12(15)14-9-4-5-21(18,19)7-9/h2-3,6,9H,4-5,7H2,1H3,(H,14,15)/t9-/m1/s1. The Kier molecular flexibility index (Phi) is 4.32. The van der Waals surface area contributed by atoms with Gasteiger partial charge in [0, 0.05) is 17.9 Å². The van der Waals surface area contributed by atoms with Crippen molar-refractivity contribution in [3.05, 3.63) is 28.8 Å². The maximum absolute atomic E-state index is 12.1. The normalized spacial score (nSPS) is 21.1. The fourth-order valence-electron chi connectivity index (χ4n) is 2.11. The highest BCUT2D eigenvalue weighted by molar-refractivity contribution is 7.91. The number of benzene rings is 1. The fraction of sp³-hybridized carbons (Fsp3) is 0.417. The number of carbonyl (C=O) groups excluding carboxylic acids is 1. The summed E-state index contributed by atoms with van der Waals surface area (Å²) in [5.41, 5.74) is 0.129. The smallest absolute Gasteiger partial charge is 0.251 e. The summed E-state index contributed by atoms with van der Waals surface area (Å²) in [6, 6.07) is 3.48. The average Bonchev–Trinajstić information content (AvgIpc) is 2.67. The zero-order chi connectivity index (χ0) is 15.8. The van der Waals surface area contributed by atoms with Gasteiger partial charge in [-0.3, -0.25) is 4.79 Å². The van der Waals surface area contributed by atoms with Crippen molar-refractivity contribution < 1.29 is 21.6 Å². The second kappa shape index (κ2) is 5.58. The third-order valence-corrected chi connectivity index (χ3v) is 6.51. The molecule has 1 aromatic carbocycles. The Morgan fingerprint density at radius 1 is 1.38 bits per heavy atom. The molecule has 0 radical (unpaired) electrons. The summed E-state index contributed by atoms with van der Waals surface area (Å²) >= 11 is 5.80. The Bertz CT molecular complexity index is 786. The van der Waals surface area contributed by atoms with Crippen LogP contribution in [0.3, 0.4) is 0 Å². The molecule has 0 bridgehead atoms. The van der Waals surface area contributed by atoms with E-state index in [0.717, 1.165) is 6.26 Å². The number of nitrogens with one attached hydrogen (secondary N) is 1. The van der Waals surface area contributed by atoms with Crippen LogP contribution in [-0.4, -0.2) is 46.5 Å². The minimum atomic E-state index is -3.54. The second-order valence-electron chi connectivity index (χ2n) is 4.99. The van der Waals surface area contributed by atoms with E-state index in [1.807, 2.05) is 0 Å². The first-order valence-corrected chi connectivity index (χ1v) is 10.2. The quantitative estimate of drug-likeness (QED) is 0.862. The zero-order valence-corrected chi connectivity index (χ0v) is 13.6. The van der Waals surface area contributed by atoms with Gasteiger partial charge in [-0.25, -0.2) is 16.8 Å². The largest absolute Gasteiger partial charge is 0.348 e. The molecule has 116 valence electrons. The molecule has 1 saturated heterocycles. The number of hydrogen-bond acceptors (Lipinski definition) is 5. The van der Waals surface area contributed by atoms with E-state index >= 15 is 0 Å². The van der Waals surface area contributed by atoms with Crippen LogP contribution in [0.5, 0.6) is 0 Å². The van der Waals surface area contributed by atoms with Crippen LogP contribution in [0.4, 0.5) is 0 Å². The second-order valence-corrected chi connectivity index (χ2v) is 9.61. The minimum absolute atomic E-state index is 0.0393. The van der Waals surface area contributed by atoms with E-state index in [4.69, 9.17) is 11.6 Å². The Morgan fingerprint density at radius 2 is 2.05 bits per heavy atom. The molecule has 6 nitrogen and oxygen atoms in total. The summed E-state index contributed by atoms with van der Waals surface area (Å²) in [5, 5.41) is 2.63. The Labute approximate surface area is 128 Å². The van der Waals surface area contributed by atoms with Gasteiger partial charge in [0.1, 0.15) is 0 Å². The molecule has 1 aliphatic rings. The first kappa shape index (κ1) is 16.3. The number of hydrogen-bond donors (Lipinski definition) is 1. The summed E-state index contributed by atoms with van der Waals surface area (Å²) in [4.78, 5) is 11.9. The van der Waals surface area contributed by atoms with Crippen LogP contribution >= 0.6 is 11.6 Å². The van der Waals surface area contributed by atoms with E-state index < -0.39 is 31.6 Å². The van der Waals surface area contributed by atoms with Gasteiger partial charge in [-0.2, -0.15) is 0 Å². The summed E-state index contributed by atoms with van der Waals surface area (Å²) in [7, 11) is -6.64. The van der Waals surface area contributed by atoms with Crippen molar-refractivity contribution in [3.63, 3.8) is 0 Å². The van der Waals surface area contributed by atoms with Crippen molar-refractivity contribution in [2.24, 2.45) is 0 Å². The van der Waals surface area contributed by atoms with Crippen molar-refractivity contribution in [1.29, 1.82) is 0 Å². The van der Waals surface area contributed by atoms with Gasteiger partial charge < -0.3 is 5.32 Å². The molecule has 0 aromatic heterocycles. The van der Waals surface area contributed by atoms with E-state index in [1.165, 1.54) is 18.2 Å². The summed E-state index contributed by atoms with van der Waals surface area (Å²) in [5.74, 6) is -0.558. The molecule has 0 aliphatic carbocycles. The van der Waals surface area contributed by atoms with Crippen molar-refractivity contribution in [2.45, 2.75) is 17.4 Å². The van der Waals surface area contributed by atoms with Crippen molar-refractivity contribution in [1.82, 2.24) is 5.32 Å². The predicted octanol–water partition coefficient (Wildman–Crippen LogP) is 0.660. The molecule has 0 saturated carbocycles. The molecule has 0 unspecified atom stereocenters. The van der Waals surface area contributed by atoms with Gasteiger partial charge in [-0.15, -0.1) is 0 Å². The molecule has 1 aliphatic heterocycles. The predicted molar refractivity (Wildman–Crippen MR) is 79.1 cm³/mol. The Morgan fingerprint density at radius 3 is 2.57 bits per heavy atom. The third-order valence-electron chi connectivity index (χ3n) is 3.16. The zero-order valence-electron chi connectivity index (χ0n) is 11.2. The lowest BCUT2D eigenvalue weighted by molar-refractivity contribution is 0.0941. The van der Waals surface area contributed by atoms with E-state index in [1.54, 1.807) is 0 Å². The van der Waals surface area contributed by atoms with Crippen LogP contribution < -0.4 is 5.32 Å². The molecular formula is C12H14ClNO5S2. The van der Waals surface area contributed by atoms with E-state index in [-0.39, 0.29) is 27.0 Å². The molecule has 1 amide bonds. The van der Waals surface area contributed by atoms with Gasteiger partial charge in [-0.1, -0.05) is 11.6 Å². The van der Waals surface area contributed by atoms with Crippen LogP contribution in [0.2, 0.25) is 5.02 Å². The number of carbonyl (C=O) groups is 1. The summed E-state index contributed by atoms with van der Waals surface area (Å²) in [6.07, 6.45) is 1.36. The SMILES string of the molecule is CS(=O)(=O)c1cc(C(=O)N[C@@H]2CCS(=O)(=O)C2)ccc1Cl. The number of halogens is 1. The monoisotopic (exact) mass is 351 g/mol. The van der Waals surface area contributed by atoms with Gasteiger partial charge in [0.2, 0.25) is 0 Å². The Hall–Kier alpha value is -1.12. The average molecular weight is 352 g/mol. The van der Waals surface area contributed by atoms with E-state index in [9.17, 15) is 21.6 Å². The molecule has 1 N–H and O–H groups in total. The minimum Gasteiger partial charge on any atom is -0.348 e. The lowest BCUT2D eigenvalue weighted by Gasteiger charge is -2.11. The lowest BCUT2D eigenvalue weighted by atomic mass is 10.2. The van der Waals surface area contributed by atoms with Crippen LogP contribution in [0.1, 0.15) is 16.8 Å². The number of sulfone groups is 2.